The molecule has 3 N–H and O–H groups in total. The van der Waals surface area contributed by atoms with E-state index in [4.69, 9.17) is 4.74 Å². The molecular weight excluding hydrogens is 935 g/mol. The topological polar surface area (TPSA) is 95.9 Å². The van der Waals surface area contributed by atoms with Crippen molar-refractivity contribution in [1.82, 2.24) is 5.32 Å². The highest BCUT2D eigenvalue weighted by molar-refractivity contribution is 5.76. The lowest BCUT2D eigenvalue weighted by atomic mass is 10.0. The number of hydrogen-bond acceptors (Lipinski definition) is 5. The number of nitrogens with one attached hydrogen (secondary N) is 1. The third-order valence-corrected chi connectivity index (χ3v) is 15.9. The van der Waals surface area contributed by atoms with Crippen LogP contribution in [0, 0.1) is 0 Å². The first-order valence-corrected chi connectivity index (χ1v) is 34.3. The van der Waals surface area contributed by atoms with Crippen molar-refractivity contribution >= 4 is 11.9 Å². The third-order valence-electron chi connectivity index (χ3n) is 15.9. The molecule has 0 spiro atoms. The SMILES string of the molecule is CCCCCC/C=C\C/C=C\CCCCCCCCCC(=O)OCCCCCCCCCCCCCCCCCCCC(=O)NC(CO)C(O)/C=C/CCCCCCCCCCCCCCCCCCCCCCCC. The number of amides is 1. The fourth-order valence-electron chi connectivity index (χ4n) is 10.7. The fraction of sp³-hybridized carbons (Fsp3) is 0.886. The zero-order chi connectivity index (χ0) is 55.0. The summed E-state index contributed by atoms with van der Waals surface area (Å²) in [4.78, 5) is 24.6. The minimum absolute atomic E-state index is 0.00212. The van der Waals surface area contributed by atoms with Crippen LogP contribution in [0.25, 0.3) is 0 Å². The van der Waals surface area contributed by atoms with E-state index in [1.807, 2.05) is 6.08 Å². The second-order valence-electron chi connectivity index (χ2n) is 23.5. The number of hydrogen-bond donors (Lipinski definition) is 3. The van der Waals surface area contributed by atoms with Crippen LogP contribution >= 0.6 is 0 Å². The zero-order valence-corrected chi connectivity index (χ0v) is 51.3. The van der Waals surface area contributed by atoms with Crippen molar-refractivity contribution in [3.8, 4) is 0 Å². The maximum absolute atomic E-state index is 12.5. The highest BCUT2D eigenvalue weighted by atomic mass is 16.5. The average molecular weight is 1070 g/mol. The van der Waals surface area contributed by atoms with Gasteiger partial charge in [-0.1, -0.05) is 333 Å². The Balaban J connectivity index is 3.44. The van der Waals surface area contributed by atoms with E-state index in [0.717, 1.165) is 51.4 Å². The summed E-state index contributed by atoms with van der Waals surface area (Å²) in [5.74, 6) is -0.0719. The van der Waals surface area contributed by atoms with Gasteiger partial charge in [0.25, 0.3) is 0 Å². The quantitative estimate of drug-likeness (QED) is 0.0320. The van der Waals surface area contributed by atoms with Crippen LogP contribution in [-0.4, -0.2) is 47.4 Å². The molecule has 0 aliphatic rings. The predicted molar refractivity (Wildman–Crippen MR) is 333 cm³/mol. The highest BCUT2D eigenvalue weighted by Gasteiger charge is 2.18. The smallest absolute Gasteiger partial charge is 0.305 e. The molecule has 0 heterocycles. The Labute approximate surface area is 474 Å². The molecule has 0 aliphatic heterocycles. The van der Waals surface area contributed by atoms with Crippen molar-refractivity contribution in [2.45, 2.75) is 386 Å². The minimum atomic E-state index is -0.850. The molecule has 6 heteroatoms. The van der Waals surface area contributed by atoms with Gasteiger partial charge in [-0.15, -0.1) is 0 Å². The number of unbranched alkanes of at least 4 members (excludes halogenated alkanes) is 49. The van der Waals surface area contributed by atoms with Gasteiger partial charge in [0, 0.05) is 12.8 Å². The van der Waals surface area contributed by atoms with E-state index in [1.165, 1.54) is 295 Å². The second kappa shape index (κ2) is 65.6. The number of allylic oxidation sites excluding steroid dienone is 5. The van der Waals surface area contributed by atoms with Crippen molar-refractivity contribution in [2.75, 3.05) is 13.2 Å². The van der Waals surface area contributed by atoms with Gasteiger partial charge >= 0.3 is 5.97 Å². The summed E-state index contributed by atoms with van der Waals surface area (Å²) in [5.41, 5.74) is 0. The molecule has 0 radical (unpaired) electrons. The molecule has 76 heavy (non-hydrogen) atoms. The summed E-state index contributed by atoms with van der Waals surface area (Å²) in [6.07, 6.45) is 83.4. The normalized spacial score (nSPS) is 12.7. The summed E-state index contributed by atoms with van der Waals surface area (Å²) in [6.45, 7) is 4.90. The van der Waals surface area contributed by atoms with Crippen LogP contribution in [0.3, 0.4) is 0 Å². The van der Waals surface area contributed by atoms with E-state index in [1.54, 1.807) is 6.08 Å². The van der Waals surface area contributed by atoms with Crippen LogP contribution in [0.4, 0.5) is 0 Å². The van der Waals surface area contributed by atoms with E-state index in [-0.39, 0.29) is 18.5 Å². The Morgan fingerprint density at radius 3 is 1.01 bits per heavy atom. The van der Waals surface area contributed by atoms with Gasteiger partial charge in [-0.3, -0.25) is 9.59 Å². The molecule has 2 unspecified atom stereocenters. The molecule has 0 aliphatic carbocycles. The van der Waals surface area contributed by atoms with Crippen molar-refractivity contribution in [3.05, 3.63) is 36.5 Å². The molecule has 0 saturated heterocycles. The van der Waals surface area contributed by atoms with Gasteiger partial charge in [0.05, 0.1) is 25.4 Å². The van der Waals surface area contributed by atoms with Gasteiger partial charge in [0.15, 0.2) is 0 Å². The molecule has 0 aromatic heterocycles. The molecule has 448 valence electrons. The van der Waals surface area contributed by atoms with Crippen molar-refractivity contribution in [1.29, 1.82) is 0 Å². The van der Waals surface area contributed by atoms with E-state index in [0.29, 0.717) is 19.4 Å². The molecule has 0 bridgehead atoms. The largest absolute Gasteiger partial charge is 0.466 e. The van der Waals surface area contributed by atoms with Gasteiger partial charge in [-0.05, 0) is 64.2 Å². The third kappa shape index (κ3) is 61.3. The Morgan fingerprint density at radius 2 is 0.658 bits per heavy atom. The number of aliphatic hydroxyl groups excluding tert-OH is 2. The molecule has 0 fully saturated rings. The Kier molecular flexibility index (Phi) is 63.9. The van der Waals surface area contributed by atoms with Gasteiger partial charge in [0.1, 0.15) is 0 Å². The molecule has 0 aromatic carbocycles. The lowest BCUT2D eigenvalue weighted by Gasteiger charge is -2.20. The van der Waals surface area contributed by atoms with Gasteiger partial charge in [-0.2, -0.15) is 0 Å². The van der Waals surface area contributed by atoms with Gasteiger partial charge < -0.3 is 20.3 Å². The van der Waals surface area contributed by atoms with Crippen LogP contribution < -0.4 is 5.32 Å². The highest BCUT2D eigenvalue weighted by Crippen LogP contribution is 2.18. The predicted octanol–water partition coefficient (Wildman–Crippen LogP) is 21.9. The van der Waals surface area contributed by atoms with E-state index in [9.17, 15) is 19.8 Å². The Hall–Kier alpha value is -1.92. The molecular formula is C70H133NO5. The van der Waals surface area contributed by atoms with Crippen LogP contribution in [0.15, 0.2) is 36.5 Å². The van der Waals surface area contributed by atoms with Crippen molar-refractivity contribution < 1.29 is 24.5 Å². The lowest BCUT2D eigenvalue weighted by Crippen LogP contribution is -2.45. The van der Waals surface area contributed by atoms with Crippen LogP contribution in [0.5, 0.6) is 0 Å². The summed E-state index contributed by atoms with van der Waals surface area (Å²) in [7, 11) is 0. The number of carbonyl (C=O) groups excluding carboxylic acids is 2. The minimum Gasteiger partial charge on any atom is -0.466 e. The Morgan fingerprint density at radius 1 is 0.368 bits per heavy atom. The first-order chi connectivity index (χ1) is 37.5. The first kappa shape index (κ1) is 74.1. The van der Waals surface area contributed by atoms with Gasteiger partial charge in [0.2, 0.25) is 5.91 Å². The summed E-state index contributed by atoms with van der Waals surface area (Å²) in [6, 6.07) is -0.634. The molecule has 6 nitrogen and oxygen atoms in total. The van der Waals surface area contributed by atoms with Crippen molar-refractivity contribution in [2.24, 2.45) is 0 Å². The number of carbonyl (C=O) groups is 2. The maximum atomic E-state index is 12.5. The van der Waals surface area contributed by atoms with Crippen LogP contribution in [0.1, 0.15) is 373 Å². The lowest BCUT2D eigenvalue weighted by molar-refractivity contribution is -0.143. The number of ether oxygens (including phenoxy) is 1. The van der Waals surface area contributed by atoms with Crippen LogP contribution in [0.2, 0.25) is 0 Å². The Bertz CT molecular complexity index is 1230. The number of rotatable bonds is 64. The molecule has 2 atom stereocenters. The molecule has 0 saturated carbocycles. The van der Waals surface area contributed by atoms with Gasteiger partial charge in [-0.25, -0.2) is 0 Å². The molecule has 1 amide bonds. The summed E-state index contributed by atoms with van der Waals surface area (Å²) >= 11 is 0. The summed E-state index contributed by atoms with van der Waals surface area (Å²) < 4.78 is 5.49. The number of esters is 1. The summed E-state index contributed by atoms with van der Waals surface area (Å²) in [5, 5.41) is 23.3. The van der Waals surface area contributed by atoms with Crippen LogP contribution in [-0.2, 0) is 14.3 Å². The van der Waals surface area contributed by atoms with E-state index < -0.39 is 12.1 Å². The van der Waals surface area contributed by atoms with E-state index >= 15 is 0 Å². The first-order valence-electron chi connectivity index (χ1n) is 34.3. The average Bonchev–Trinajstić information content (AvgIpc) is 3.42. The standard InChI is InChI=1S/C70H133NO5/c1-3-5-7-9-11-13-15-17-19-21-23-24-25-26-27-28-30-34-38-42-46-50-54-58-62-68(73)67(66-72)71-69(74)63-59-55-51-47-43-39-35-31-29-33-37-41-45-49-53-57-61-65-76-70(75)64-60-56-52-48-44-40-36-32-22-20-18-16-14-12-10-8-6-4-2/h14,16,20,22,58,62,67-68,72-73H,3-13,15,17-19,21,23-57,59-61,63-66H2,1-2H3,(H,71,74)/b16-14-,22-20-,62-58+. The van der Waals surface area contributed by atoms with E-state index in [2.05, 4.69) is 43.5 Å². The van der Waals surface area contributed by atoms with Crippen molar-refractivity contribution in [3.63, 3.8) is 0 Å². The maximum Gasteiger partial charge on any atom is 0.305 e. The fourth-order valence-corrected chi connectivity index (χ4v) is 10.7. The molecule has 0 aromatic rings. The second-order valence-corrected chi connectivity index (χ2v) is 23.5. The zero-order valence-electron chi connectivity index (χ0n) is 51.3. The monoisotopic (exact) mass is 1070 g/mol. The molecule has 0 rings (SSSR count). The number of aliphatic hydroxyl groups is 2.